The van der Waals surface area contributed by atoms with Crippen LogP contribution in [0.15, 0.2) is 22.8 Å². The Morgan fingerprint density at radius 3 is 2.59 bits per heavy atom. The lowest BCUT2D eigenvalue weighted by Crippen LogP contribution is -2.49. The third-order valence-electron chi connectivity index (χ3n) is 3.62. The van der Waals surface area contributed by atoms with Crippen LogP contribution in [0.1, 0.15) is 30.8 Å². The van der Waals surface area contributed by atoms with Gasteiger partial charge in [0.2, 0.25) is 0 Å². The second-order valence-electron chi connectivity index (χ2n) is 5.90. The molecular weight excluding hydrogens is 306 g/mol. The Balaban J connectivity index is 1.77. The van der Waals surface area contributed by atoms with Crippen molar-refractivity contribution in [3.05, 3.63) is 24.2 Å². The predicted molar refractivity (Wildman–Crippen MR) is 82.5 cm³/mol. The third-order valence-corrected chi connectivity index (χ3v) is 5.16. The van der Waals surface area contributed by atoms with Crippen molar-refractivity contribution in [2.24, 2.45) is 11.8 Å². The lowest BCUT2D eigenvalue weighted by molar-refractivity contribution is 0.0926. The largest absolute Gasteiger partial charge is 0.459 e. The van der Waals surface area contributed by atoms with Crippen LogP contribution in [0.3, 0.4) is 0 Å². The van der Waals surface area contributed by atoms with Crippen molar-refractivity contribution >= 4 is 16.1 Å². The molecule has 1 amide bonds. The van der Waals surface area contributed by atoms with Crippen molar-refractivity contribution in [2.45, 2.75) is 20.3 Å². The molecule has 2 unspecified atom stereocenters. The normalized spacial score (nSPS) is 23.4. The number of rotatable bonds is 6. The van der Waals surface area contributed by atoms with Crippen LogP contribution in [0.25, 0.3) is 0 Å². The number of nitrogens with one attached hydrogen (secondary N) is 2. The van der Waals surface area contributed by atoms with Crippen LogP contribution in [-0.2, 0) is 10.2 Å². The number of nitrogens with zero attached hydrogens (tertiary/aromatic N) is 1. The SMILES string of the molecule is CC1CC(C)CN(S(=O)(=O)NCCNC(=O)c2ccco2)C1. The first-order valence-corrected chi connectivity index (χ1v) is 8.89. The summed E-state index contributed by atoms with van der Waals surface area (Å²) in [6, 6.07) is 3.17. The molecule has 7 nitrogen and oxygen atoms in total. The Hall–Kier alpha value is -1.38. The van der Waals surface area contributed by atoms with Crippen LogP contribution in [0.4, 0.5) is 0 Å². The molecule has 2 N–H and O–H groups in total. The Bertz CT molecular complexity index is 575. The zero-order valence-electron chi connectivity index (χ0n) is 12.9. The molecule has 22 heavy (non-hydrogen) atoms. The Morgan fingerprint density at radius 1 is 1.32 bits per heavy atom. The van der Waals surface area contributed by atoms with E-state index in [4.69, 9.17) is 4.42 Å². The van der Waals surface area contributed by atoms with Gasteiger partial charge < -0.3 is 9.73 Å². The summed E-state index contributed by atoms with van der Waals surface area (Å²) in [5, 5.41) is 2.60. The van der Waals surface area contributed by atoms with E-state index in [0.717, 1.165) is 6.42 Å². The Morgan fingerprint density at radius 2 is 2.00 bits per heavy atom. The molecule has 0 radical (unpaired) electrons. The van der Waals surface area contributed by atoms with Crippen LogP contribution in [0.2, 0.25) is 0 Å². The van der Waals surface area contributed by atoms with Gasteiger partial charge in [0, 0.05) is 26.2 Å². The highest BCUT2D eigenvalue weighted by Crippen LogP contribution is 2.22. The van der Waals surface area contributed by atoms with Gasteiger partial charge in [-0.15, -0.1) is 0 Å². The molecule has 8 heteroatoms. The van der Waals surface area contributed by atoms with Gasteiger partial charge in [-0.1, -0.05) is 13.8 Å². The average molecular weight is 329 g/mol. The third kappa shape index (κ3) is 4.56. The molecule has 1 saturated heterocycles. The second-order valence-corrected chi connectivity index (χ2v) is 7.65. The molecule has 2 atom stereocenters. The molecule has 0 spiro atoms. The van der Waals surface area contributed by atoms with Crippen LogP contribution >= 0.6 is 0 Å². The minimum Gasteiger partial charge on any atom is -0.459 e. The van der Waals surface area contributed by atoms with Crippen molar-refractivity contribution in [3.8, 4) is 0 Å². The molecule has 1 aromatic rings. The molecule has 2 heterocycles. The minimum atomic E-state index is -3.49. The summed E-state index contributed by atoms with van der Waals surface area (Å²) in [6.45, 7) is 5.55. The summed E-state index contributed by atoms with van der Waals surface area (Å²) in [5.74, 6) is 0.573. The summed E-state index contributed by atoms with van der Waals surface area (Å²) in [6.07, 6.45) is 2.46. The molecule has 1 aliphatic heterocycles. The van der Waals surface area contributed by atoms with E-state index in [-0.39, 0.29) is 24.8 Å². The van der Waals surface area contributed by atoms with Crippen LogP contribution in [0, 0.1) is 11.8 Å². The van der Waals surface area contributed by atoms with Crippen molar-refractivity contribution in [1.29, 1.82) is 0 Å². The van der Waals surface area contributed by atoms with Crippen molar-refractivity contribution < 1.29 is 17.6 Å². The number of carbonyl (C=O) groups excluding carboxylic acids is 1. The van der Waals surface area contributed by atoms with Gasteiger partial charge in [-0.25, -0.2) is 4.72 Å². The molecule has 0 bridgehead atoms. The minimum absolute atomic E-state index is 0.147. The first-order chi connectivity index (χ1) is 10.4. The van der Waals surface area contributed by atoms with Crippen LogP contribution < -0.4 is 10.0 Å². The summed E-state index contributed by atoms with van der Waals surface area (Å²) in [4.78, 5) is 11.6. The van der Waals surface area contributed by atoms with E-state index in [0.29, 0.717) is 24.9 Å². The van der Waals surface area contributed by atoms with E-state index < -0.39 is 10.2 Å². The summed E-state index contributed by atoms with van der Waals surface area (Å²) in [7, 11) is -3.49. The molecule has 0 saturated carbocycles. The van der Waals surface area contributed by atoms with Gasteiger partial charge in [0.05, 0.1) is 6.26 Å². The van der Waals surface area contributed by atoms with E-state index in [1.54, 1.807) is 12.1 Å². The van der Waals surface area contributed by atoms with Gasteiger partial charge >= 0.3 is 0 Å². The summed E-state index contributed by atoms with van der Waals surface area (Å²) in [5.41, 5.74) is 0. The smallest absolute Gasteiger partial charge is 0.287 e. The van der Waals surface area contributed by atoms with E-state index in [9.17, 15) is 13.2 Å². The standard InChI is InChI=1S/C14H23N3O4S/c1-11-8-12(2)10-17(9-11)22(19,20)16-6-5-15-14(18)13-4-3-7-21-13/h3-4,7,11-12,16H,5-6,8-10H2,1-2H3,(H,15,18). The number of carbonyl (C=O) groups is 1. The molecular formula is C14H23N3O4S. The molecule has 1 fully saturated rings. The average Bonchev–Trinajstić information content (AvgIpc) is 2.96. The summed E-state index contributed by atoms with van der Waals surface area (Å²) >= 11 is 0. The topological polar surface area (TPSA) is 91.7 Å². The zero-order chi connectivity index (χ0) is 16.2. The maximum absolute atomic E-state index is 12.2. The maximum Gasteiger partial charge on any atom is 0.287 e. The van der Waals surface area contributed by atoms with Gasteiger partial charge in [-0.3, -0.25) is 4.79 Å². The van der Waals surface area contributed by atoms with E-state index in [1.807, 2.05) is 0 Å². The van der Waals surface area contributed by atoms with E-state index in [1.165, 1.54) is 10.6 Å². The number of piperidine rings is 1. The number of hydrogen-bond acceptors (Lipinski definition) is 4. The van der Waals surface area contributed by atoms with Crippen molar-refractivity contribution in [3.63, 3.8) is 0 Å². The molecule has 0 aromatic carbocycles. The highest BCUT2D eigenvalue weighted by atomic mass is 32.2. The molecule has 1 aliphatic rings. The Kier molecular flexibility index (Phi) is 5.60. The molecule has 124 valence electrons. The van der Waals surface area contributed by atoms with Gasteiger partial charge in [0.1, 0.15) is 0 Å². The highest BCUT2D eigenvalue weighted by molar-refractivity contribution is 7.87. The van der Waals surface area contributed by atoms with Gasteiger partial charge in [-0.05, 0) is 30.4 Å². The van der Waals surface area contributed by atoms with Gasteiger partial charge in [0.25, 0.3) is 16.1 Å². The zero-order valence-corrected chi connectivity index (χ0v) is 13.7. The fourth-order valence-corrected chi connectivity index (χ4v) is 4.19. The van der Waals surface area contributed by atoms with Gasteiger partial charge in [0.15, 0.2) is 5.76 Å². The molecule has 2 rings (SSSR count). The van der Waals surface area contributed by atoms with Gasteiger partial charge in [-0.2, -0.15) is 12.7 Å². The fraction of sp³-hybridized carbons (Fsp3) is 0.643. The fourth-order valence-electron chi connectivity index (χ4n) is 2.74. The Labute approximate surface area is 131 Å². The number of furan rings is 1. The van der Waals surface area contributed by atoms with Crippen molar-refractivity contribution in [1.82, 2.24) is 14.3 Å². The number of amides is 1. The number of hydrogen-bond donors (Lipinski definition) is 2. The second kappa shape index (κ2) is 7.26. The highest BCUT2D eigenvalue weighted by Gasteiger charge is 2.29. The lowest BCUT2D eigenvalue weighted by atomic mass is 9.94. The first kappa shape index (κ1) is 17.0. The van der Waals surface area contributed by atoms with Crippen LogP contribution in [-0.4, -0.2) is 44.8 Å². The summed E-state index contributed by atoms with van der Waals surface area (Å²) < 4.78 is 33.4. The predicted octanol–water partition coefficient (Wildman–Crippen LogP) is 0.822. The molecule has 0 aliphatic carbocycles. The van der Waals surface area contributed by atoms with Crippen molar-refractivity contribution in [2.75, 3.05) is 26.2 Å². The van der Waals surface area contributed by atoms with Crippen LogP contribution in [0.5, 0.6) is 0 Å². The lowest BCUT2D eigenvalue weighted by Gasteiger charge is -2.33. The van der Waals surface area contributed by atoms with E-state index >= 15 is 0 Å². The maximum atomic E-state index is 12.2. The molecule has 1 aromatic heterocycles. The monoisotopic (exact) mass is 329 g/mol. The quantitative estimate of drug-likeness (QED) is 0.756. The first-order valence-electron chi connectivity index (χ1n) is 7.45. The van der Waals surface area contributed by atoms with E-state index in [2.05, 4.69) is 23.9 Å².